The molecule has 1 heterocycles. The van der Waals surface area contributed by atoms with Crippen molar-refractivity contribution in [3.8, 4) is 0 Å². The van der Waals surface area contributed by atoms with Crippen LogP contribution in [-0.2, 0) is 0 Å². The standard InChI is InChI=1S/C14H28N4O/c1-3-12(2)18-8-6-17(7-9-18)11-14(4-5-14)10-13(15)16-19/h12,19H,3-11H2,1-2H3,(H2,15,16). The lowest BCUT2D eigenvalue weighted by molar-refractivity contribution is 0.0873. The molecule has 5 nitrogen and oxygen atoms in total. The van der Waals surface area contributed by atoms with Gasteiger partial charge < -0.3 is 15.8 Å². The molecule has 0 spiro atoms. The van der Waals surface area contributed by atoms with Gasteiger partial charge in [-0.3, -0.25) is 4.90 Å². The molecule has 2 rings (SSSR count). The Kier molecular flexibility index (Phi) is 4.68. The van der Waals surface area contributed by atoms with Crippen LogP contribution in [-0.4, -0.2) is 59.6 Å². The minimum Gasteiger partial charge on any atom is -0.409 e. The number of rotatable bonds is 6. The largest absolute Gasteiger partial charge is 0.409 e. The third kappa shape index (κ3) is 3.83. The number of nitrogens with zero attached hydrogens (tertiary/aromatic N) is 3. The highest BCUT2D eigenvalue weighted by molar-refractivity contribution is 5.80. The van der Waals surface area contributed by atoms with Gasteiger partial charge in [0.2, 0.25) is 0 Å². The summed E-state index contributed by atoms with van der Waals surface area (Å²) in [6.07, 6.45) is 4.41. The number of hydrogen-bond acceptors (Lipinski definition) is 4. The molecule has 0 aromatic carbocycles. The van der Waals surface area contributed by atoms with Crippen LogP contribution in [0.3, 0.4) is 0 Å². The molecule has 2 aliphatic rings. The molecular weight excluding hydrogens is 240 g/mol. The number of hydrogen-bond donors (Lipinski definition) is 2. The van der Waals surface area contributed by atoms with E-state index < -0.39 is 0 Å². The summed E-state index contributed by atoms with van der Waals surface area (Å²) in [5.41, 5.74) is 5.96. The van der Waals surface area contributed by atoms with Crippen molar-refractivity contribution in [1.29, 1.82) is 0 Å². The summed E-state index contributed by atoms with van der Waals surface area (Å²) in [6.45, 7) is 10.3. The summed E-state index contributed by atoms with van der Waals surface area (Å²) in [6, 6.07) is 0.703. The Bertz CT molecular complexity index is 319. The molecule has 1 unspecified atom stereocenters. The summed E-state index contributed by atoms with van der Waals surface area (Å²) in [5, 5.41) is 11.8. The average molecular weight is 268 g/mol. The lowest BCUT2D eigenvalue weighted by Crippen LogP contribution is -2.50. The maximum atomic E-state index is 8.70. The van der Waals surface area contributed by atoms with Gasteiger partial charge in [0.05, 0.1) is 0 Å². The Morgan fingerprint density at radius 3 is 2.42 bits per heavy atom. The molecule has 0 aromatic rings. The highest BCUT2D eigenvalue weighted by Crippen LogP contribution is 2.49. The molecule has 0 amide bonds. The van der Waals surface area contributed by atoms with Crippen molar-refractivity contribution in [2.75, 3.05) is 32.7 Å². The second-order valence-corrected chi connectivity index (χ2v) is 6.34. The predicted octanol–water partition coefficient (Wildman–Crippen LogP) is 1.32. The number of oxime groups is 1. The average Bonchev–Trinajstić information content (AvgIpc) is 3.18. The molecule has 1 saturated heterocycles. The van der Waals surface area contributed by atoms with Crippen LogP contribution < -0.4 is 5.73 Å². The molecule has 110 valence electrons. The zero-order chi connectivity index (χ0) is 13.9. The first-order valence-electron chi connectivity index (χ1n) is 7.51. The van der Waals surface area contributed by atoms with Gasteiger partial charge in [0.1, 0.15) is 5.84 Å². The lowest BCUT2D eigenvalue weighted by Gasteiger charge is -2.39. The van der Waals surface area contributed by atoms with Crippen LogP contribution in [0.4, 0.5) is 0 Å². The normalized spacial score (nSPS) is 26.3. The van der Waals surface area contributed by atoms with Gasteiger partial charge in [0.25, 0.3) is 0 Å². The van der Waals surface area contributed by atoms with Gasteiger partial charge in [0, 0.05) is 45.2 Å². The smallest absolute Gasteiger partial charge is 0.139 e. The van der Waals surface area contributed by atoms with E-state index in [0.29, 0.717) is 17.3 Å². The Morgan fingerprint density at radius 1 is 1.32 bits per heavy atom. The van der Waals surface area contributed by atoms with Crippen molar-refractivity contribution in [1.82, 2.24) is 9.80 Å². The van der Waals surface area contributed by atoms with E-state index >= 15 is 0 Å². The maximum Gasteiger partial charge on any atom is 0.139 e. The molecule has 0 aromatic heterocycles. The fraction of sp³-hybridized carbons (Fsp3) is 0.929. The van der Waals surface area contributed by atoms with Crippen LogP contribution in [0.2, 0.25) is 0 Å². The Balaban J connectivity index is 1.77. The van der Waals surface area contributed by atoms with Crippen molar-refractivity contribution >= 4 is 5.84 Å². The maximum absolute atomic E-state index is 8.70. The van der Waals surface area contributed by atoms with Crippen LogP contribution in [0.1, 0.15) is 39.5 Å². The van der Waals surface area contributed by atoms with Gasteiger partial charge >= 0.3 is 0 Å². The first kappa shape index (κ1) is 14.6. The van der Waals surface area contributed by atoms with Gasteiger partial charge in [-0.2, -0.15) is 0 Å². The zero-order valence-electron chi connectivity index (χ0n) is 12.3. The Morgan fingerprint density at radius 2 is 1.95 bits per heavy atom. The summed E-state index contributed by atoms with van der Waals surface area (Å²) in [4.78, 5) is 5.14. The predicted molar refractivity (Wildman–Crippen MR) is 77.5 cm³/mol. The highest BCUT2D eigenvalue weighted by Gasteiger charge is 2.44. The van der Waals surface area contributed by atoms with Crippen molar-refractivity contribution < 1.29 is 5.21 Å². The second kappa shape index (κ2) is 6.09. The van der Waals surface area contributed by atoms with Crippen LogP contribution in [0.5, 0.6) is 0 Å². The Hall–Kier alpha value is -0.810. The molecule has 1 aliphatic heterocycles. The summed E-state index contributed by atoms with van der Waals surface area (Å²) in [7, 11) is 0. The van der Waals surface area contributed by atoms with E-state index in [4.69, 9.17) is 10.9 Å². The Labute approximate surface area is 116 Å². The van der Waals surface area contributed by atoms with E-state index in [1.165, 1.54) is 32.4 Å². The monoisotopic (exact) mass is 268 g/mol. The topological polar surface area (TPSA) is 65.1 Å². The summed E-state index contributed by atoms with van der Waals surface area (Å²) >= 11 is 0. The number of amidine groups is 1. The van der Waals surface area contributed by atoms with Crippen molar-refractivity contribution in [2.45, 2.75) is 45.6 Å². The zero-order valence-corrected chi connectivity index (χ0v) is 12.3. The van der Waals surface area contributed by atoms with Crippen LogP contribution in [0.25, 0.3) is 0 Å². The van der Waals surface area contributed by atoms with E-state index in [2.05, 4.69) is 28.8 Å². The van der Waals surface area contributed by atoms with E-state index in [1.54, 1.807) is 0 Å². The minimum atomic E-state index is 0.300. The molecule has 0 bridgehead atoms. The highest BCUT2D eigenvalue weighted by atomic mass is 16.4. The molecule has 1 aliphatic carbocycles. The second-order valence-electron chi connectivity index (χ2n) is 6.34. The molecule has 2 fully saturated rings. The molecule has 3 N–H and O–H groups in total. The first-order valence-corrected chi connectivity index (χ1v) is 7.51. The SMILES string of the molecule is CCC(C)N1CCN(CC2(CC(N)=NO)CC2)CC1. The minimum absolute atomic E-state index is 0.300. The number of nitrogens with two attached hydrogens (primary N) is 1. The summed E-state index contributed by atoms with van der Waals surface area (Å²) in [5.74, 6) is 0.385. The van der Waals surface area contributed by atoms with Crippen LogP contribution >= 0.6 is 0 Å². The van der Waals surface area contributed by atoms with Crippen molar-refractivity contribution in [3.63, 3.8) is 0 Å². The van der Waals surface area contributed by atoms with Crippen LogP contribution in [0.15, 0.2) is 5.16 Å². The third-order valence-electron chi connectivity index (χ3n) is 4.82. The van der Waals surface area contributed by atoms with Crippen LogP contribution in [0, 0.1) is 5.41 Å². The fourth-order valence-electron chi connectivity index (χ4n) is 3.08. The van der Waals surface area contributed by atoms with Gasteiger partial charge in [-0.1, -0.05) is 12.1 Å². The lowest BCUT2D eigenvalue weighted by atomic mass is 10.0. The summed E-state index contributed by atoms with van der Waals surface area (Å²) < 4.78 is 0. The van der Waals surface area contributed by atoms with Crippen molar-refractivity contribution in [2.24, 2.45) is 16.3 Å². The van der Waals surface area contributed by atoms with Gasteiger partial charge in [-0.25, -0.2) is 0 Å². The van der Waals surface area contributed by atoms with Gasteiger partial charge in [-0.15, -0.1) is 0 Å². The van der Waals surface area contributed by atoms with Crippen molar-refractivity contribution in [3.05, 3.63) is 0 Å². The molecular formula is C14H28N4O. The quantitative estimate of drug-likeness (QED) is 0.330. The van der Waals surface area contributed by atoms with E-state index in [9.17, 15) is 0 Å². The van der Waals surface area contributed by atoms with Gasteiger partial charge in [-0.05, 0) is 31.6 Å². The third-order valence-corrected chi connectivity index (χ3v) is 4.82. The first-order chi connectivity index (χ1) is 9.08. The molecule has 0 radical (unpaired) electrons. The van der Waals surface area contributed by atoms with E-state index in [0.717, 1.165) is 26.1 Å². The van der Waals surface area contributed by atoms with Gasteiger partial charge in [0.15, 0.2) is 0 Å². The number of piperazine rings is 1. The van der Waals surface area contributed by atoms with E-state index in [1.807, 2.05) is 0 Å². The molecule has 1 atom stereocenters. The molecule has 5 heteroatoms. The molecule has 19 heavy (non-hydrogen) atoms. The fourth-order valence-corrected chi connectivity index (χ4v) is 3.08. The van der Waals surface area contributed by atoms with E-state index in [-0.39, 0.29) is 0 Å². The molecule has 1 saturated carbocycles.